The Kier molecular flexibility index (Phi) is 3.14. The molecule has 2 fully saturated rings. The number of nitrogens with one attached hydrogen (secondary N) is 1. The SMILES string of the molecule is O=C1NC(=O)C2CN(C(=O)CCCl)CCC12. The molecule has 0 aromatic rings. The average molecular weight is 245 g/mol. The molecule has 3 amide bonds. The molecule has 6 heteroatoms. The Morgan fingerprint density at radius 3 is 2.75 bits per heavy atom. The maximum Gasteiger partial charge on any atom is 0.232 e. The van der Waals surface area contributed by atoms with E-state index < -0.39 is 0 Å². The fraction of sp³-hybridized carbons (Fsp3) is 0.700. The molecule has 0 aromatic carbocycles. The Balaban J connectivity index is 2.02. The van der Waals surface area contributed by atoms with Crippen molar-refractivity contribution in [2.45, 2.75) is 12.8 Å². The summed E-state index contributed by atoms with van der Waals surface area (Å²) in [6, 6.07) is 0. The molecule has 2 saturated heterocycles. The second kappa shape index (κ2) is 4.41. The first kappa shape index (κ1) is 11.4. The average Bonchev–Trinajstić information content (AvgIpc) is 2.55. The highest BCUT2D eigenvalue weighted by molar-refractivity contribution is 6.18. The topological polar surface area (TPSA) is 66.5 Å². The third-order valence-corrected chi connectivity index (χ3v) is 3.38. The third kappa shape index (κ3) is 1.91. The van der Waals surface area contributed by atoms with Crippen molar-refractivity contribution in [3.63, 3.8) is 0 Å². The fourth-order valence-electron chi connectivity index (χ4n) is 2.30. The van der Waals surface area contributed by atoms with Crippen molar-refractivity contribution in [1.29, 1.82) is 0 Å². The van der Waals surface area contributed by atoms with E-state index in [-0.39, 0.29) is 41.9 Å². The van der Waals surface area contributed by atoms with Crippen molar-refractivity contribution < 1.29 is 14.4 Å². The molecule has 0 bridgehead atoms. The minimum atomic E-state index is -0.361. The van der Waals surface area contributed by atoms with Gasteiger partial charge in [0.1, 0.15) is 0 Å². The van der Waals surface area contributed by atoms with E-state index in [4.69, 9.17) is 11.6 Å². The predicted molar refractivity (Wildman–Crippen MR) is 56.7 cm³/mol. The molecular weight excluding hydrogens is 232 g/mol. The Labute approximate surface area is 98.1 Å². The van der Waals surface area contributed by atoms with Gasteiger partial charge in [-0.05, 0) is 6.42 Å². The molecule has 5 nitrogen and oxygen atoms in total. The van der Waals surface area contributed by atoms with Gasteiger partial charge in [0.05, 0.1) is 11.8 Å². The minimum Gasteiger partial charge on any atom is -0.342 e. The van der Waals surface area contributed by atoms with Gasteiger partial charge in [0, 0.05) is 25.4 Å². The quantitative estimate of drug-likeness (QED) is 0.538. The number of carbonyl (C=O) groups is 3. The Morgan fingerprint density at radius 2 is 2.06 bits per heavy atom. The van der Waals surface area contributed by atoms with Crippen LogP contribution in [0.1, 0.15) is 12.8 Å². The third-order valence-electron chi connectivity index (χ3n) is 3.19. The van der Waals surface area contributed by atoms with Crippen LogP contribution < -0.4 is 5.32 Å². The first-order chi connectivity index (χ1) is 7.63. The molecule has 2 unspecified atom stereocenters. The normalized spacial score (nSPS) is 28.9. The van der Waals surface area contributed by atoms with Crippen molar-refractivity contribution in [3.05, 3.63) is 0 Å². The Morgan fingerprint density at radius 1 is 1.38 bits per heavy atom. The standard InChI is InChI=1S/C10H13ClN2O3/c11-3-1-8(14)13-4-2-6-7(5-13)10(16)12-9(6)15/h6-7H,1-5H2,(H,12,15,16). The van der Waals surface area contributed by atoms with Gasteiger partial charge >= 0.3 is 0 Å². The number of rotatable bonds is 2. The highest BCUT2D eigenvalue weighted by Crippen LogP contribution is 2.28. The molecule has 2 heterocycles. The van der Waals surface area contributed by atoms with E-state index in [1.54, 1.807) is 4.90 Å². The van der Waals surface area contributed by atoms with Gasteiger partial charge < -0.3 is 4.90 Å². The molecule has 0 spiro atoms. The number of imide groups is 1. The van der Waals surface area contributed by atoms with Gasteiger partial charge in [0.25, 0.3) is 0 Å². The summed E-state index contributed by atoms with van der Waals surface area (Å²) in [7, 11) is 0. The molecule has 2 atom stereocenters. The van der Waals surface area contributed by atoms with Crippen LogP contribution in [-0.4, -0.2) is 41.6 Å². The largest absolute Gasteiger partial charge is 0.342 e. The molecule has 2 aliphatic heterocycles. The first-order valence-electron chi connectivity index (χ1n) is 5.32. The zero-order chi connectivity index (χ0) is 11.7. The molecular formula is C10H13ClN2O3. The van der Waals surface area contributed by atoms with Crippen molar-refractivity contribution in [3.8, 4) is 0 Å². The summed E-state index contributed by atoms with van der Waals surface area (Å²) in [5.41, 5.74) is 0. The lowest BCUT2D eigenvalue weighted by Gasteiger charge is -2.32. The second-order valence-electron chi connectivity index (χ2n) is 4.13. The summed E-state index contributed by atoms with van der Waals surface area (Å²) in [4.78, 5) is 36.0. The molecule has 2 rings (SSSR count). The molecule has 2 aliphatic rings. The van der Waals surface area contributed by atoms with Gasteiger partial charge in [-0.25, -0.2) is 0 Å². The summed E-state index contributed by atoms with van der Waals surface area (Å²) < 4.78 is 0. The number of hydrogen-bond acceptors (Lipinski definition) is 3. The Bertz CT molecular complexity index is 345. The van der Waals surface area contributed by atoms with Crippen LogP contribution in [0.25, 0.3) is 0 Å². The van der Waals surface area contributed by atoms with Gasteiger partial charge in [-0.2, -0.15) is 0 Å². The van der Waals surface area contributed by atoms with Crippen molar-refractivity contribution in [1.82, 2.24) is 10.2 Å². The predicted octanol–water partition coefficient (Wildman–Crippen LogP) is -0.264. The molecule has 88 valence electrons. The minimum absolute atomic E-state index is 0.0411. The monoisotopic (exact) mass is 244 g/mol. The van der Waals surface area contributed by atoms with Crippen LogP contribution in [0.3, 0.4) is 0 Å². The van der Waals surface area contributed by atoms with Gasteiger partial charge in [-0.1, -0.05) is 0 Å². The number of alkyl halides is 1. The molecule has 16 heavy (non-hydrogen) atoms. The van der Waals surface area contributed by atoms with E-state index in [0.29, 0.717) is 19.5 Å². The van der Waals surface area contributed by atoms with Crippen LogP contribution in [0.4, 0.5) is 0 Å². The maximum absolute atomic E-state index is 11.6. The molecule has 0 aromatic heterocycles. The number of halogens is 1. The Hall–Kier alpha value is -1.10. The van der Waals surface area contributed by atoms with Crippen LogP contribution in [0, 0.1) is 11.8 Å². The highest BCUT2D eigenvalue weighted by atomic mass is 35.5. The van der Waals surface area contributed by atoms with Gasteiger partial charge in [0.15, 0.2) is 0 Å². The summed E-state index contributed by atoms with van der Waals surface area (Å²) >= 11 is 5.50. The van der Waals surface area contributed by atoms with Crippen LogP contribution in [0.2, 0.25) is 0 Å². The smallest absolute Gasteiger partial charge is 0.232 e. The second-order valence-corrected chi connectivity index (χ2v) is 4.51. The number of piperidine rings is 1. The van der Waals surface area contributed by atoms with Crippen molar-refractivity contribution in [2.75, 3.05) is 19.0 Å². The first-order valence-corrected chi connectivity index (χ1v) is 5.85. The summed E-state index contributed by atoms with van der Waals surface area (Å²) in [6.45, 7) is 0.884. The van der Waals surface area contributed by atoms with Crippen LogP contribution in [-0.2, 0) is 14.4 Å². The number of hydrogen-bond donors (Lipinski definition) is 1. The van der Waals surface area contributed by atoms with E-state index in [9.17, 15) is 14.4 Å². The number of nitrogens with zero attached hydrogens (tertiary/aromatic N) is 1. The zero-order valence-corrected chi connectivity index (χ0v) is 9.50. The van der Waals surface area contributed by atoms with Crippen LogP contribution in [0.15, 0.2) is 0 Å². The van der Waals surface area contributed by atoms with Crippen LogP contribution >= 0.6 is 11.6 Å². The van der Waals surface area contributed by atoms with E-state index in [0.717, 1.165) is 0 Å². The number of amides is 3. The highest BCUT2D eigenvalue weighted by Gasteiger charge is 2.45. The van der Waals surface area contributed by atoms with E-state index in [1.807, 2.05) is 0 Å². The number of fused-ring (bicyclic) bond motifs is 1. The fourth-order valence-corrected chi connectivity index (χ4v) is 2.47. The number of carbonyl (C=O) groups excluding carboxylic acids is 3. The van der Waals surface area contributed by atoms with Gasteiger partial charge in [0.2, 0.25) is 17.7 Å². The maximum atomic E-state index is 11.6. The summed E-state index contributed by atoms with van der Waals surface area (Å²) in [5, 5.41) is 2.31. The van der Waals surface area contributed by atoms with E-state index >= 15 is 0 Å². The lowest BCUT2D eigenvalue weighted by molar-refractivity contribution is -0.136. The van der Waals surface area contributed by atoms with Gasteiger partial charge in [-0.3, -0.25) is 19.7 Å². The zero-order valence-electron chi connectivity index (χ0n) is 8.74. The summed E-state index contributed by atoms with van der Waals surface area (Å²) in [5.74, 6) is -0.805. The van der Waals surface area contributed by atoms with Gasteiger partial charge in [-0.15, -0.1) is 11.6 Å². The molecule has 0 aliphatic carbocycles. The van der Waals surface area contributed by atoms with Crippen LogP contribution in [0.5, 0.6) is 0 Å². The lowest BCUT2D eigenvalue weighted by Crippen LogP contribution is -2.45. The van der Waals surface area contributed by atoms with Crippen molar-refractivity contribution >= 4 is 29.3 Å². The van der Waals surface area contributed by atoms with E-state index in [2.05, 4.69) is 5.32 Å². The van der Waals surface area contributed by atoms with E-state index in [1.165, 1.54) is 0 Å². The summed E-state index contributed by atoms with van der Waals surface area (Å²) in [6.07, 6.45) is 0.852. The van der Waals surface area contributed by atoms with Crippen molar-refractivity contribution in [2.24, 2.45) is 11.8 Å². The molecule has 0 saturated carbocycles. The lowest BCUT2D eigenvalue weighted by atomic mass is 9.87. The molecule has 0 radical (unpaired) electrons. The number of likely N-dealkylation sites (tertiary alicyclic amines) is 1. The molecule has 1 N–H and O–H groups in total.